The quantitative estimate of drug-likeness (QED) is 0.800. The molecular weight excluding hydrogens is 287 g/mol. The molecule has 0 spiro atoms. The molecule has 2 aromatic carbocycles. The highest BCUT2D eigenvalue weighted by Gasteiger charge is 2.08. The van der Waals surface area contributed by atoms with Crippen LogP contribution in [0.2, 0.25) is 0 Å². The first-order valence-corrected chi connectivity index (χ1v) is 6.45. The molecule has 0 bridgehead atoms. The number of aromatic nitrogens is 2. The number of carboxylic acid groups (broad SMARTS) is 1. The van der Waals surface area contributed by atoms with Gasteiger partial charge in [0.05, 0.1) is 17.4 Å². The summed E-state index contributed by atoms with van der Waals surface area (Å²) in [6, 6.07) is 13.0. The lowest BCUT2D eigenvalue weighted by molar-refractivity contribution is -0.00621. The zero-order valence-corrected chi connectivity index (χ0v) is 11.3. The average molecular weight is 298 g/mol. The first kappa shape index (κ1) is 13.8. The third-order valence-electron chi connectivity index (χ3n) is 3.20. The minimum Gasteiger partial charge on any atom is -0.478 e. The third-order valence-corrected chi connectivity index (χ3v) is 3.20. The molecule has 0 aliphatic heterocycles. The fourth-order valence-corrected chi connectivity index (χ4v) is 2.12. The topological polar surface area (TPSA) is 64.3 Å². The monoisotopic (exact) mass is 298 g/mol. The fourth-order valence-electron chi connectivity index (χ4n) is 2.12. The van der Waals surface area contributed by atoms with Gasteiger partial charge in [0.1, 0.15) is 0 Å². The summed E-state index contributed by atoms with van der Waals surface area (Å²) in [6.45, 7) is 0. The zero-order chi connectivity index (χ0) is 15.5. The van der Waals surface area contributed by atoms with Gasteiger partial charge in [-0.1, -0.05) is 18.2 Å². The Labute approximate surface area is 125 Å². The maximum absolute atomic E-state index is 12.2. The van der Waals surface area contributed by atoms with Gasteiger partial charge in [0.15, 0.2) is 5.75 Å². The van der Waals surface area contributed by atoms with Gasteiger partial charge in [-0.3, -0.25) is 4.94 Å². The molecular formula is C16H11FN2O3. The molecule has 3 rings (SSSR count). The molecule has 110 valence electrons. The van der Waals surface area contributed by atoms with Crippen LogP contribution >= 0.6 is 0 Å². The molecule has 0 fully saturated rings. The molecule has 1 heterocycles. The molecule has 22 heavy (non-hydrogen) atoms. The molecule has 5 nitrogen and oxygen atoms in total. The lowest BCUT2D eigenvalue weighted by atomic mass is 10.1. The van der Waals surface area contributed by atoms with Gasteiger partial charge in [-0.2, -0.15) is 5.10 Å². The van der Waals surface area contributed by atoms with Crippen LogP contribution in [0.15, 0.2) is 60.9 Å². The average Bonchev–Trinajstić information content (AvgIpc) is 3.05. The van der Waals surface area contributed by atoms with E-state index in [-0.39, 0.29) is 11.3 Å². The van der Waals surface area contributed by atoms with Gasteiger partial charge in [-0.05, 0) is 29.8 Å². The molecule has 6 heteroatoms. The Balaban J connectivity index is 1.96. The summed E-state index contributed by atoms with van der Waals surface area (Å²) in [5.41, 5.74) is 2.34. The number of halogens is 1. The number of carbonyl (C=O) groups is 1. The minimum absolute atomic E-state index is 0.0856. The largest absolute Gasteiger partial charge is 0.478 e. The van der Waals surface area contributed by atoms with E-state index in [1.54, 1.807) is 47.4 Å². The van der Waals surface area contributed by atoms with Gasteiger partial charge >= 0.3 is 5.97 Å². The van der Waals surface area contributed by atoms with Crippen molar-refractivity contribution in [3.63, 3.8) is 0 Å². The van der Waals surface area contributed by atoms with Crippen LogP contribution in [0.3, 0.4) is 0 Å². The van der Waals surface area contributed by atoms with Crippen LogP contribution in [0, 0.1) is 0 Å². The number of hydrogen-bond donors (Lipinski definition) is 1. The SMILES string of the molecule is O=C(O)c1cccc(-c2cnn(-c3cccc(OF)c3)c2)c1. The predicted molar refractivity (Wildman–Crippen MR) is 77.7 cm³/mol. The Morgan fingerprint density at radius 3 is 2.73 bits per heavy atom. The summed E-state index contributed by atoms with van der Waals surface area (Å²) in [4.78, 5) is 14.7. The van der Waals surface area contributed by atoms with E-state index in [2.05, 4.69) is 10.0 Å². The molecule has 0 saturated heterocycles. The van der Waals surface area contributed by atoms with Crippen LogP contribution < -0.4 is 4.94 Å². The highest BCUT2D eigenvalue weighted by molar-refractivity contribution is 5.89. The molecule has 0 unspecified atom stereocenters. The molecule has 0 aliphatic carbocycles. The number of rotatable bonds is 4. The third kappa shape index (κ3) is 2.67. The van der Waals surface area contributed by atoms with Crippen molar-refractivity contribution in [2.45, 2.75) is 0 Å². The van der Waals surface area contributed by atoms with Crippen molar-refractivity contribution in [1.29, 1.82) is 0 Å². The van der Waals surface area contributed by atoms with E-state index in [1.165, 1.54) is 18.2 Å². The van der Waals surface area contributed by atoms with Crippen molar-refractivity contribution in [2.75, 3.05) is 0 Å². The Hall–Kier alpha value is -3.15. The fraction of sp³-hybridized carbons (Fsp3) is 0. The van der Waals surface area contributed by atoms with Crippen LogP contribution in [-0.2, 0) is 0 Å². The minimum atomic E-state index is -0.984. The summed E-state index contributed by atoms with van der Waals surface area (Å²) in [5, 5.41) is 13.2. The van der Waals surface area contributed by atoms with Crippen molar-refractivity contribution in [1.82, 2.24) is 9.78 Å². The Kier molecular flexibility index (Phi) is 3.57. The van der Waals surface area contributed by atoms with E-state index >= 15 is 0 Å². The Morgan fingerprint density at radius 1 is 1.14 bits per heavy atom. The van der Waals surface area contributed by atoms with E-state index in [0.717, 1.165) is 11.1 Å². The number of hydrogen-bond acceptors (Lipinski definition) is 3. The Morgan fingerprint density at radius 2 is 1.95 bits per heavy atom. The lowest BCUT2D eigenvalue weighted by Crippen LogP contribution is -1.95. The van der Waals surface area contributed by atoms with Crippen molar-refractivity contribution >= 4 is 5.97 Å². The summed E-state index contributed by atoms with van der Waals surface area (Å²) in [5.74, 6) is -0.899. The van der Waals surface area contributed by atoms with Crippen molar-refractivity contribution in [2.24, 2.45) is 0 Å². The van der Waals surface area contributed by atoms with Gasteiger partial charge in [0.2, 0.25) is 0 Å². The van der Waals surface area contributed by atoms with Gasteiger partial charge in [-0.25, -0.2) is 9.48 Å². The predicted octanol–water partition coefficient (Wildman–Crippen LogP) is 3.50. The second kappa shape index (κ2) is 5.69. The summed E-state index contributed by atoms with van der Waals surface area (Å²) < 4.78 is 13.8. The molecule has 1 aromatic heterocycles. The number of benzene rings is 2. The van der Waals surface area contributed by atoms with Gasteiger partial charge in [0, 0.05) is 22.4 Å². The molecule has 0 amide bonds. The van der Waals surface area contributed by atoms with E-state index < -0.39 is 5.97 Å². The molecule has 1 N–H and O–H groups in total. The van der Waals surface area contributed by atoms with Crippen LogP contribution in [0.1, 0.15) is 10.4 Å². The summed E-state index contributed by atoms with van der Waals surface area (Å²) >= 11 is 0. The van der Waals surface area contributed by atoms with E-state index in [4.69, 9.17) is 5.11 Å². The Bertz CT molecular complexity index is 830. The second-order valence-corrected chi connectivity index (χ2v) is 4.63. The standard InChI is InChI=1S/C16H11FN2O3/c17-22-15-6-2-5-14(8-15)19-10-13(9-18-19)11-3-1-4-12(7-11)16(20)21/h1-10H,(H,20,21). The normalized spacial score (nSPS) is 10.4. The van der Waals surface area contributed by atoms with Gasteiger partial charge in [0.25, 0.3) is 0 Å². The van der Waals surface area contributed by atoms with Crippen molar-refractivity contribution in [3.8, 4) is 22.6 Å². The van der Waals surface area contributed by atoms with Crippen molar-refractivity contribution < 1.29 is 19.4 Å². The van der Waals surface area contributed by atoms with Gasteiger partial charge in [-0.15, -0.1) is 0 Å². The van der Waals surface area contributed by atoms with E-state index in [1.807, 2.05) is 0 Å². The van der Waals surface area contributed by atoms with Crippen LogP contribution in [0.4, 0.5) is 4.53 Å². The number of carboxylic acids is 1. The van der Waals surface area contributed by atoms with Crippen molar-refractivity contribution in [3.05, 3.63) is 66.5 Å². The van der Waals surface area contributed by atoms with Crippen LogP contribution in [0.25, 0.3) is 16.8 Å². The molecule has 0 saturated carbocycles. The zero-order valence-electron chi connectivity index (χ0n) is 11.3. The molecule has 0 aliphatic rings. The maximum Gasteiger partial charge on any atom is 0.335 e. The van der Waals surface area contributed by atoms with Crippen LogP contribution in [-0.4, -0.2) is 20.9 Å². The number of nitrogens with zero attached hydrogens (tertiary/aromatic N) is 2. The van der Waals surface area contributed by atoms with E-state index in [9.17, 15) is 9.32 Å². The number of aromatic carboxylic acids is 1. The summed E-state index contributed by atoms with van der Waals surface area (Å²) in [7, 11) is 0. The van der Waals surface area contributed by atoms with E-state index in [0.29, 0.717) is 5.69 Å². The summed E-state index contributed by atoms with van der Waals surface area (Å²) in [6.07, 6.45) is 3.35. The maximum atomic E-state index is 12.2. The molecule has 0 atom stereocenters. The first-order valence-electron chi connectivity index (χ1n) is 6.45. The second-order valence-electron chi connectivity index (χ2n) is 4.63. The smallest absolute Gasteiger partial charge is 0.335 e. The highest BCUT2D eigenvalue weighted by atomic mass is 19.3. The molecule has 3 aromatic rings. The lowest BCUT2D eigenvalue weighted by Gasteiger charge is -2.02. The highest BCUT2D eigenvalue weighted by Crippen LogP contribution is 2.23. The first-order chi connectivity index (χ1) is 10.7. The van der Waals surface area contributed by atoms with Crippen LogP contribution in [0.5, 0.6) is 5.75 Å². The molecule has 0 radical (unpaired) electrons. The van der Waals surface area contributed by atoms with Gasteiger partial charge < -0.3 is 5.11 Å².